The molecule has 5 aliphatic heterocycles. The van der Waals surface area contributed by atoms with Crippen LogP contribution in [0.2, 0.25) is 0 Å². The van der Waals surface area contributed by atoms with E-state index in [4.69, 9.17) is 24.5 Å². The van der Waals surface area contributed by atoms with Crippen LogP contribution in [0.4, 0.5) is 0 Å². The summed E-state index contributed by atoms with van der Waals surface area (Å²) in [5.41, 5.74) is 10.7. The molecule has 0 unspecified atom stereocenters. The van der Waals surface area contributed by atoms with Gasteiger partial charge in [-0.1, -0.05) is 66.2 Å². The summed E-state index contributed by atoms with van der Waals surface area (Å²) in [5, 5.41) is 25.7. The summed E-state index contributed by atoms with van der Waals surface area (Å²) in [6.07, 6.45) is 15.5. The number of carbonyl (C=O) groups is 2. The molecule has 0 spiro atoms. The van der Waals surface area contributed by atoms with E-state index in [1.807, 2.05) is 32.9 Å². The maximum atomic E-state index is 13.8. The molecule has 6 rings (SSSR count). The maximum absolute atomic E-state index is 13.8. The fourth-order valence-electron chi connectivity index (χ4n) is 8.20. The minimum atomic E-state index is -0.426. The maximum Gasteiger partial charge on any atom is 0.340 e. The highest BCUT2D eigenvalue weighted by molar-refractivity contribution is 6.28. The third kappa shape index (κ3) is 7.81. The Labute approximate surface area is 319 Å². The molecule has 2 atom stereocenters. The predicted octanol–water partition coefficient (Wildman–Crippen LogP) is 8.66. The van der Waals surface area contributed by atoms with Crippen LogP contribution in [0.15, 0.2) is 106 Å². The number of fused-ring (bicyclic) bond motifs is 5. The second-order valence-electron chi connectivity index (χ2n) is 15.0. The largest absolute Gasteiger partial charge is 0.511 e. The topological polar surface area (TPSA) is 142 Å². The van der Waals surface area contributed by atoms with Gasteiger partial charge in [0.15, 0.2) is 0 Å². The number of nitrogens with one attached hydrogen (secondary N) is 1. The van der Waals surface area contributed by atoms with Gasteiger partial charge in [-0.25, -0.2) is 19.8 Å². The number of ether oxygens (including phenoxy) is 2. The van der Waals surface area contributed by atoms with Gasteiger partial charge in [-0.15, -0.1) is 0 Å². The average Bonchev–Trinajstić information content (AvgIpc) is 3.92. The molecule has 3 N–H and O–H groups in total. The molecule has 288 valence electrons. The van der Waals surface area contributed by atoms with Crippen LogP contribution in [-0.2, 0) is 19.1 Å². The van der Waals surface area contributed by atoms with Gasteiger partial charge in [-0.3, -0.25) is 4.79 Å². The van der Waals surface area contributed by atoms with Gasteiger partial charge in [-0.2, -0.15) is 0 Å². The fourth-order valence-corrected chi connectivity index (χ4v) is 8.20. The quantitative estimate of drug-likeness (QED) is 0.106. The number of nitrogens with zero attached hydrogens (tertiary/aromatic N) is 3. The Morgan fingerprint density at radius 2 is 1.54 bits per heavy atom. The number of esters is 2. The summed E-state index contributed by atoms with van der Waals surface area (Å²) >= 11 is 0. The highest BCUT2D eigenvalue weighted by Gasteiger charge is 2.41. The van der Waals surface area contributed by atoms with Crippen LogP contribution in [0.3, 0.4) is 0 Å². The summed E-state index contributed by atoms with van der Waals surface area (Å²) < 4.78 is 11.4. The average molecular weight is 737 g/mol. The van der Waals surface area contributed by atoms with Crippen molar-refractivity contribution >= 4 is 29.1 Å². The van der Waals surface area contributed by atoms with Crippen molar-refractivity contribution in [3.8, 4) is 0 Å². The first-order valence-corrected chi connectivity index (χ1v) is 20.0. The van der Waals surface area contributed by atoms with Crippen LogP contribution in [-0.4, -0.2) is 59.1 Å². The second-order valence-corrected chi connectivity index (χ2v) is 15.0. The first kappa shape index (κ1) is 39.1. The van der Waals surface area contributed by atoms with E-state index < -0.39 is 5.97 Å². The van der Waals surface area contributed by atoms with Crippen molar-refractivity contribution in [3.05, 3.63) is 91.5 Å². The number of unbranched alkanes of at least 4 members (excludes halogenated alkanes) is 6. The van der Waals surface area contributed by atoms with Gasteiger partial charge in [0.05, 0.1) is 59.6 Å². The molecule has 10 heteroatoms. The van der Waals surface area contributed by atoms with Gasteiger partial charge < -0.3 is 25.0 Å². The molecule has 10 nitrogen and oxygen atoms in total. The van der Waals surface area contributed by atoms with E-state index in [0.717, 1.165) is 96.3 Å². The highest BCUT2D eigenvalue weighted by atomic mass is 16.5. The molecule has 54 heavy (non-hydrogen) atoms. The van der Waals surface area contributed by atoms with E-state index in [1.165, 1.54) is 0 Å². The van der Waals surface area contributed by atoms with Gasteiger partial charge >= 0.3 is 11.9 Å². The molecule has 0 aromatic rings. The molecule has 8 bridgehead atoms. The molecular weight excluding hydrogens is 681 g/mol. The van der Waals surface area contributed by atoms with Gasteiger partial charge in [0.2, 0.25) is 0 Å². The van der Waals surface area contributed by atoms with Crippen molar-refractivity contribution in [1.29, 1.82) is 0 Å². The molecule has 0 radical (unpaired) electrons. The summed E-state index contributed by atoms with van der Waals surface area (Å²) in [7, 11) is 0. The lowest BCUT2D eigenvalue weighted by molar-refractivity contribution is -0.144. The Morgan fingerprint density at radius 3 is 2.22 bits per heavy atom. The Bertz CT molecular complexity index is 1940. The zero-order chi connectivity index (χ0) is 38.5. The molecule has 5 heterocycles. The molecule has 0 amide bonds. The van der Waals surface area contributed by atoms with Crippen molar-refractivity contribution in [2.24, 2.45) is 26.8 Å². The zero-order valence-corrected chi connectivity index (χ0v) is 32.9. The van der Waals surface area contributed by atoms with Crippen molar-refractivity contribution in [2.45, 2.75) is 119 Å². The first-order chi connectivity index (χ1) is 26.1. The molecule has 6 aliphatic rings. The second kappa shape index (κ2) is 17.3. The number of aliphatic hydroxyl groups is 2. The number of allylic oxidation sites excluding steroid dienone is 10. The molecular formula is C44H56N4O6. The number of hydrogen-bond acceptors (Lipinski definition) is 10. The van der Waals surface area contributed by atoms with E-state index in [1.54, 1.807) is 6.08 Å². The first-order valence-electron chi connectivity index (χ1n) is 20.0. The van der Waals surface area contributed by atoms with Crippen molar-refractivity contribution < 1.29 is 29.3 Å². The van der Waals surface area contributed by atoms with Crippen molar-refractivity contribution in [1.82, 2.24) is 5.32 Å². The highest BCUT2D eigenvalue weighted by Crippen LogP contribution is 2.46. The molecule has 1 fully saturated rings. The van der Waals surface area contributed by atoms with Gasteiger partial charge in [0.25, 0.3) is 0 Å². The lowest BCUT2D eigenvalue weighted by Gasteiger charge is -2.17. The summed E-state index contributed by atoms with van der Waals surface area (Å²) in [4.78, 5) is 41.9. The lowest BCUT2D eigenvalue weighted by Crippen LogP contribution is -2.16. The van der Waals surface area contributed by atoms with E-state index in [-0.39, 0.29) is 36.6 Å². The van der Waals surface area contributed by atoms with Crippen LogP contribution < -0.4 is 5.32 Å². The lowest BCUT2D eigenvalue weighted by atomic mass is 9.86. The van der Waals surface area contributed by atoms with E-state index in [2.05, 4.69) is 26.1 Å². The zero-order valence-electron chi connectivity index (χ0n) is 32.9. The summed E-state index contributed by atoms with van der Waals surface area (Å²) in [6.45, 7) is 12.9. The van der Waals surface area contributed by atoms with E-state index in [0.29, 0.717) is 72.1 Å². The molecule has 0 aromatic carbocycles. The van der Waals surface area contributed by atoms with Gasteiger partial charge in [0, 0.05) is 52.8 Å². The molecule has 1 saturated heterocycles. The third-order valence-electron chi connectivity index (χ3n) is 11.4. The number of hydrogen-bond donors (Lipinski definition) is 3. The Morgan fingerprint density at radius 1 is 0.852 bits per heavy atom. The van der Waals surface area contributed by atoms with Crippen LogP contribution in [0.5, 0.6) is 0 Å². The Hall–Kier alpha value is -4.57. The summed E-state index contributed by atoms with van der Waals surface area (Å²) in [5.74, 6) is -0.440. The minimum absolute atomic E-state index is 0.0142. The van der Waals surface area contributed by atoms with E-state index in [9.17, 15) is 19.8 Å². The predicted molar refractivity (Wildman–Crippen MR) is 213 cm³/mol. The Balaban J connectivity index is 1.43. The van der Waals surface area contributed by atoms with Crippen LogP contribution in [0, 0.1) is 11.8 Å². The minimum Gasteiger partial charge on any atom is -0.511 e. The number of carbonyl (C=O) groups excluding carboxylic acids is 2. The van der Waals surface area contributed by atoms with Crippen LogP contribution in [0.25, 0.3) is 0 Å². The van der Waals surface area contributed by atoms with Crippen molar-refractivity contribution in [3.63, 3.8) is 0 Å². The fraction of sp³-hybridized carbons (Fsp3) is 0.523. The third-order valence-corrected chi connectivity index (χ3v) is 11.4. The number of rotatable bonds is 16. The number of aliphatic hydroxyl groups excluding tert-OH is 2. The Kier molecular flexibility index (Phi) is 12.5. The van der Waals surface area contributed by atoms with Crippen LogP contribution in [0.1, 0.15) is 119 Å². The monoisotopic (exact) mass is 736 g/mol. The van der Waals surface area contributed by atoms with E-state index >= 15 is 0 Å². The number of aliphatic imine (C=N–C) groups is 3. The summed E-state index contributed by atoms with van der Waals surface area (Å²) in [6, 6.07) is 0. The molecule has 1 aliphatic carbocycles. The molecule has 0 saturated carbocycles. The van der Waals surface area contributed by atoms with Crippen LogP contribution >= 0.6 is 0 Å². The van der Waals surface area contributed by atoms with Gasteiger partial charge in [0.1, 0.15) is 5.76 Å². The SMILES string of the molecule is CCCCCCOC(=O)CC[C@@H]1C2=C3CC(O)=C4C3=NC(=C4C)C=C3N=C(C=C4N=C(C=C(N2)[C@H]1C)C(C)=C4CO)C(C(=O)OCCCCCC)=C3CC. The smallest absolute Gasteiger partial charge is 0.340 e. The van der Waals surface area contributed by atoms with Gasteiger partial charge in [-0.05, 0) is 74.5 Å². The molecule has 0 aromatic heterocycles. The normalized spacial score (nSPS) is 21.8. The standard InChI is InChI=1S/C44H56N4O6/c1-7-10-12-14-18-53-39(51)17-16-29-25(4)33-21-32-26(5)31(24-49)36(45-32)23-37-41(44(52)54-19-15-13-11-8-2)28(9-3)35(46-37)22-34-27(6)40-38(50)20-30(42(29)47-33)43(40)48-34/h21-23,25,29,47,49-50H,7-20,24H2,1-6H3/t25-,29-/m0/s1. The van der Waals surface area contributed by atoms with Crippen molar-refractivity contribution in [2.75, 3.05) is 19.8 Å².